The summed E-state index contributed by atoms with van der Waals surface area (Å²) in [6, 6.07) is 1.65. The van der Waals surface area contributed by atoms with Gasteiger partial charge in [0, 0.05) is 25.5 Å². The van der Waals surface area contributed by atoms with E-state index in [1.807, 2.05) is 4.90 Å². The summed E-state index contributed by atoms with van der Waals surface area (Å²) in [6.45, 7) is 1.67. The van der Waals surface area contributed by atoms with Crippen molar-refractivity contribution in [1.82, 2.24) is 9.88 Å². The molecule has 80 valence electrons. The highest BCUT2D eigenvalue weighted by molar-refractivity contribution is 6.33. The molecule has 0 aromatic carbocycles. The molecule has 0 saturated carbocycles. The molecule has 0 N–H and O–H groups in total. The third-order valence-corrected chi connectivity index (χ3v) is 2.97. The predicted molar refractivity (Wildman–Crippen MR) is 59.0 cm³/mol. The van der Waals surface area contributed by atoms with Crippen LogP contribution in [0, 0.1) is 0 Å². The number of likely N-dealkylation sites (tertiary alicyclic amines) is 1. The molecule has 4 heteroatoms. The van der Waals surface area contributed by atoms with Crippen LogP contribution in [0.25, 0.3) is 0 Å². The summed E-state index contributed by atoms with van der Waals surface area (Å²) in [5, 5.41) is 0.487. The number of halogens is 1. The van der Waals surface area contributed by atoms with Gasteiger partial charge in [0.25, 0.3) is 5.91 Å². The molecule has 1 saturated heterocycles. The molecule has 0 bridgehead atoms. The van der Waals surface area contributed by atoms with E-state index in [9.17, 15) is 4.79 Å². The normalized spacial score (nSPS) is 16.5. The van der Waals surface area contributed by atoms with Gasteiger partial charge in [-0.2, -0.15) is 0 Å². The number of nitrogens with zero attached hydrogens (tertiary/aromatic N) is 2. The van der Waals surface area contributed by atoms with Crippen LogP contribution in [0.3, 0.4) is 0 Å². The molecule has 1 fully saturated rings. The Bertz CT molecular complexity index is 361. The van der Waals surface area contributed by atoms with Crippen LogP contribution in [-0.4, -0.2) is 28.9 Å². The standard InChI is InChI=1S/C11H13ClN2O/c12-10-4-5-13-8-9(10)11(15)14-6-2-1-3-7-14/h4-5,8H,1-3,6-7H2. The first kappa shape index (κ1) is 10.4. The Morgan fingerprint density at radius 1 is 1.33 bits per heavy atom. The maximum absolute atomic E-state index is 12.0. The number of hydrogen-bond donors (Lipinski definition) is 0. The van der Waals surface area contributed by atoms with Crippen molar-refractivity contribution < 1.29 is 4.79 Å². The predicted octanol–water partition coefficient (Wildman–Crippen LogP) is 2.36. The topological polar surface area (TPSA) is 33.2 Å². The number of hydrogen-bond acceptors (Lipinski definition) is 2. The Kier molecular flexibility index (Phi) is 3.21. The second-order valence-electron chi connectivity index (χ2n) is 3.71. The van der Waals surface area contributed by atoms with E-state index in [1.165, 1.54) is 6.42 Å². The lowest BCUT2D eigenvalue weighted by Crippen LogP contribution is -2.35. The molecule has 0 spiro atoms. The quantitative estimate of drug-likeness (QED) is 0.734. The van der Waals surface area contributed by atoms with Gasteiger partial charge in [-0.1, -0.05) is 11.6 Å². The maximum atomic E-state index is 12.0. The monoisotopic (exact) mass is 224 g/mol. The Morgan fingerprint density at radius 3 is 2.73 bits per heavy atom. The van der Waals surface area contributed by atoms with Crippen LogP contribution in [0.15, 0.2) is 18.5 Å². The van der Waals surface area contributed by atoms with Gasteiger partial charge in [0.1, 0.15) is 0 Å². The second-order valence-corrected chi connectivity index (χ2v) is 4.12. The Hall–Kier alpha value is -1.09. The number of amides is 1. The summed E-state index contributed by atoms with van der Waals surface area (Å²) in [7, 11) is 0. The first-order valence-corrected chi connectivity index (χ1v) is 5.55. The lowest BCUT2D eigenvalue weighted by molar-refractivity contribution is 0.0724. The van der Waals surface area contributed by atoms with Crippen LogP contribution in [0.1, 0.15) is 29.6 Å². The maximum Gasteiger partial charge on any atom is 0.256 e. The van der Waals surface area contributed by atoms with Gasteiger partial charge in [0.05, 0.1) is 10.6 Å². The van der Waals surface area contributed by atoms with E-state index in [-0.39, 0.29) is 5.91 Å². The highest BCUT2D eigenvalue weighted by Crippen LogP contribution is 2.18. The van der Waals surface area contributed by atoms with E-state index in [0.29, 0.717) is 10.6 Å². The van der Waals surface area contributed by atoms with Gasteiger partial charge < -0.3 is 4.90 Å². The lowest BCUT2D eigenvalue weighted by atomic mass is 10.1. The van der Waals surface area contributed by atoms with Crippen molar-refractivity contribution in [3.8, 4) is 0 Å². The molecular weight excluding hydrogens is 212 g/mol. The van der Waals surface area contributed by atoms with Gasteiger partial charge in [0.2, 0.25) is 0 Å². The molecule has 2 rings (SSSR count). The van der Waals surface area contributed by atoms with Gasteiger partial charge in [-0.25, -0.2) is 0 Å². The fraction of sp³-hybridized carbons (Fsp3) is 0.455. The minimum absolute atomic E-state index is 0.00722. The third-order valence-electron chi connectivity index (χ3n) is 2.64. The summed E-state index contributed by atoms with van der Waals surface area (Å²) in [4.78, 5) is 17.8. The zero-order chi connectivity index (χ0) is 10.7. The van der Waals surface area contributed by atoms with Crippen molar-refractivity contribution in [3.05, 3.63) is 29.0 Å². The van der Waals surface area contributed by atoms with Crippen molar-refractivity contribution in [2.24, 2.45) is 0 Å². The van der Waals surface area contributed by atoms with E-state index >= 15 is 0 Å². The van der Waals surface area contributed by atoms with E-state index in [1.54, 1.807) is 18.5 Å². The highest BCUT2D eigenvalue weighted by Gasteiger charge is 2.19. The smallest absolute Gasteiger partial charge is 0.256 e. The second kappa shape index (κ2) is 4.62. The fourth-order valence-electron chi connectivity index (χ4n) is 1.80. The van der Waals surface area contributed by atoms with Crippen LogP contribution in [0.5, 0.6) is 0 Å². The molecule has 1 aliphatic heterocycles. The SMILES string of the molecule is O=C(c1cnccc1Cl)N1CCCCC1. The molecule has 0 radical (unpaired) electrons. The molecule has 15 heavy (non-hydrogen) atoms. The number of pyridine rings is 1. The zero-order valence-electron chi connectivity index (χ0n) is 8.45. The van der Waals surface area contributed by atoms with Crippen molar-refractivity contribution >= 4 is 17.5 Å². The molecule has 0 aliphatic carbocycles. The van der Waals surface area contributed by atoms with Crippen molar-refractivity contribution in [3.63, 3.8) is 0 Å². The Morgan fingerprint density at radius 2 is 2.07 bits per heavy atom. The molecule has 1 aromatic heterocycles. The van der Waals surface area contributed by atoms with Gasteiger partial charge in [0.15, 0.2) is 0 Å². The van der Waals surface area contributed by atoms with Gasteiger partial charge in [-0.05, 0) is 25.3 Å². The average Bonchev–Trinajstić information content (AvgIpc) is 2.30. The van der Waals surface area contributed by atoms with E-state index < -0.39 is 0 Å². The molecule has 2 heterocycles. The Balaban J connectivity index is 2.16. The molecule has 0 unspecified atom stereocenters. The number of piperidine rings is 1. The molecule has 0 atom stereocenters. The summed E-state index contributed by atoms with van der Waals surface area (Å²) < 4.78 is 0. The summed E-state index contributed by atoms with van der Waals surface area (Å²) in [5.41, 5.74) is 0.515. The van der Waals surface area contributed by atoms with Gasteiger partial charge >= 0.3 is 0 Å². The third kappa shape index (κ3) is 2.29. The van der Waals surface area contributed by atoms with Crippen LogP contribution < -0.4 is 0 Å². The molecule has 3 nitrogen and oxygen atoms in total. The van der Waals surface area contributed by atoms with Crippen molar-refractivity contribution in [1.29, 1.82) is 0 Å². The van der Waals surface area contributed by atoms with Crippen LogP contribution in [0.2, 0.25) is 5.02 Å². The zero-order valence-corrected chi connectivity index (χ0v) is 9.20. The van der Waals surface area contributed by atoms with Gasteiger partial charge in [-0.3, -0.25) is 9.78 Å². The number of carbonyl (C=O) groups is 1. The molecule has 1 aliphatic rings. The number of carbonyl (C=O) groups excluding carboxylic acids is 1. The lowest BCUT2D eigenvalue weighted by Gasteiger charge is -2.26. The van der Waals surface area contributed by atoms with Gasteiger partial charge in [-0.15, -0.1) is 0 Å². The van der Waals surface area contributed by atoms with E-state index in [4.69, 9.17) is 11.6 Å². The largest absolute Gasteiger partial charge is 0.339 e. The highest BCUT2D eigenvalue weighted by atomic mass is 35.5. The van der Waals surface area contributed by atoms with Crippen LogP contribution in [-0.2, 0) is 0 Å². The summed E-state index contributed by atoms with van der Waals surface area (Å²) in [6.07, 6.45) is 6.52. The number of aromatic nitrogens is 1. The first-order chi connectivity index (χ1) is 7.29. The molecular formula is C11H13ClN2O. The van der Waals surface area contributed by atoms with E-state index in [2.05, 4.69) is 4.98 Å². The summed E-state index contributed by atoms with van der Waals surface area (Å²) >= 11 is 5.95. The van der Waals surface area contributed by atoms with E-state index in [0.717, 1.165) is 25.9 Å². The number of rotatable bonds is 1. The fourth-order valence-corrected chi connectivity index (χ4v) is 1.99. The minimum Gasteiger partial charge on any atom is -0.339 e. The van der Waals surface area contributed by atoms with Crippen LogP contribution >= 0.6 is 11.6 Å². The average molecular weight is 225 g/mol. The van der Waals surface area contributed by atoms with Crippen molar-refractivity contribution in [2.75, 3.05) is 13.1 Å². The molecule has 1 aromatic rings. The summed E-state index contributed by atoms with van der Waals surface area (Å²) in [5.74, 6) is 0.00722. The van der Waals surface area contributed by atoms with Crippen molar-refractivity contribution in [2.45, 2.75) is 19.3 Å². The van der Waals surface area contributed by atoms with Crippen LogP contribution in [0.4, 0.5) is 0 Å². The first-order valence-electron chi connectivity index (χ1n) is 5.18. The minimum atomic E-state index is 0.00722. The molecule has 1 amide bonds. The Labute approximate surface area is 94.1 Å².